The van der Waals surface area contributed by atoms with Crippen molar-refractivity contribution in [3.05, 3.63) is 0 Å². The molecule has 2 atom stereocenters. The van der Waals surface area contributed by atoms with Crippen LogP contribution in [-0.4, -0.2) is 23.8 Å². The lowest BCUT2D eigenvalue weighted by Crippen LogP contribution is -2.23. The van der Waals surface area contributed by atoms with Gasteiger partial charge in [0, 0.05) is 0 Å². The molecule has 4 heteroatoms. The molecule has 0 aromatic heterocycles. The molecule has 0 aromatic carbocycles. The third kappa shape index (κ3) is 2.92. The summed E-state index contributed by atoms with van der Waals surface area (Å²) in [5, 5.41) is -1.13. The molecule has 0 bridgehead atoms. The molecule has 0 heterocycles. The summed E-state index contributed by atoms with van der Waals surface area (Å²) in [6, 6.07) is 0. The summed E-state index contributed by atoms with van der Waals surface area (Å²) in [7, 11) is 1.27. The molecular formula is C5H8Cl2O2. The lowest BCUT2D eigenvalue weighted by Gasteiger charge is -2.07. The zero-order chi connectivity index (χ0) is 7.44. The Hall–Kier alpha value is 0.0500. The molecule has 0 N–H and O–H groups in total. The second kappa shape index (κ2) is 3.96. The van der Waals surface area contributed by atoms with E-state index in [0.29, 0.717) is 0 Å². The number of halogens is 2. The molecule has 0 aromatic rings. The summed E-state index contributed by atoms with van der Waals surface area (Å²) in [6.07, 6.45) is 0. The maximum Gasteiger partial charge on any atom is 0.325 e. The summed E-state index contributed by atoms with van der Waals surface area (Å²) in [4.78, 5) is 10.5. The van der Waals surface area contributed by atoms with Crippen molar-refractivity contribution < 1.29 is 9.53 Å². The fourth-order valence-corrected chi connectivity index (χ4v) is 0.492. The Bertz CT molecular complexity index is 103. The molecule has 9 heavy (non-hydrogen) atoms. The second-order valence-corrected chi connectivity index (χ2v) is 2.76. The summed E-state index contributed by atoms with van der Waals surface area (Å²) >= 11 is 10.9. The number of carbonyl (C=O) groups excluding carboxylic acids is 1. The van der Waals surface area contributed by atoms with Crippen molar-refractivity contribution in [2.75, 3.05) is 7.11 Å². The first-order valence-electron chi connectivity index (χ1n) is 2.45. The van der Waals surface area contributed by atoms with Crippen molar-refractivity contribution in [1.29, 1.82) is 0 Å². The third-order valence-electron chi connectivity index (χ3n) is 0.830. The minimum atomic E-state index is -0.739. The minimum absolute atomic E-state index is 0.390. The van der Waals surface area contributed by atoms with Crippen LogP contribution in [0.5, 0.6) is 0 Å². The number of hydrogen-bond donors (Lipinski definition) is 0. The fourth-order valence-electron chi connectivity index (χ4n) is 0.300. The second-order valence-electron chi connectivity index (χ2n) is 1.60. The summed E-state index contributed by atoms with van der Waals surface area (Å²) in [5.74, 6) is -0.487. The van der Waals surface area contributed by atoms with Crippen molar-refractivity contribution >= 4 is 29.2 Å². The maximum atomic E-state index is 10.5. The summed E-state index contributed by atoms with van der Waals surface area (Å²) in [6.45, 7) is 1.64. The monoisotopic (exact) mass is 170 g/mol. The molecule has 0 aliphatic rings. The van der Waals surface area contributed by atoms with E-state index in [2.05, 4.69) is 4.74 Å². The van der Waals surface area contributed by atoms with E-state index in [-0.39, 0.29) is 5.38 Å². The van der Waals surface area contributed by atoms with Crippen LogP contribution in [-0.2, 0) is 9.53 Å². The van der Waals surface area contributed by atoms with Gasteiger partial charge < -0.3 is 4.74 Å². The van der Waals surface area contributed by atoms with Crippen LogP contribution in [0.4, 0.5) is 0 Å². The highest BCUT2D eigenvalue weighted by Gasteiger charge is 2.20. The van der Waals surface area contributed by atoms with E-state index in [1.54, 1.807) is 6.92 Å². The van der Waals surface area contributed by atoms with Crippen molar-refractivity contribution in [3.8, 4) is 0 Å². The molecule has 2 nitrogen and oxygen atoms in total. The number of hydrogen-bond acceptors (Lipinski definition) is 2. The summed E-state index contributed by atoms with van der Waals surface area (Å²) < 4.78 is 4.32. The Morgan fingerprint density at radius 3 is 2.11 bits per heavy atom. The highest BCUT2D eigenvalue weighted by atomic mass is 35.5. The van der Waals surface area contributed by atoms with Crippen molar-refractivity contribution in [1.82, 2.24) is 0 Å². The predicted octanol–water partition coefficient (Wildman–Crippen LogP) is 1.39. The first-order valence-corrected chi connectivity index (χ1v) is 3.33. The van der Waals surface area contributed by atoms with Crippen LogP contribution in [0, 0.1) is 0 Å². The van der Waals surface area contributed by atoms with Gasteiger partial charge in [-0.1, -0.05) is 0 Å². The van der Waals surface area contributed by atoms with E-state index in [0.717, 1.165) is 0 Å². The number of ether oxygens (including phenoxy) is 1. The first kappa shape index (κ1) is 9.05. The zero-order valence-electron chi connectivity index (χ0n) is 5.23. The molecule has 0 saturated heterocycles. The molecule has 0 amide bonds. The number of alkyl halides is 2. The third-order valence-corrected chi connectivity index (χ3v) is 1.77. The lowest BCUT2D eigenvalue weighted by molar-refractivity contribution is -0.140. The number of carbonyl (C=O) groups is 1. The molecule has 0 saturated carbocycles. The molecule has 0 radical (unpaired) electrons. The molecule has 0 spiro atoms. The Kier molecular flexibility index (Phi) is 3.98. The van der Waals surface area contributed by atoms with Gasteiger partial charge in [-0.2, -0.15) is 0 Å². The zero-order valence-corrected chi connectivity index (χ0v) is 6.74. The predicted molar refractivity (Wildman–Crippen MR) is 37.0 cm³/mol. The smallest absolute Gasteiger partial charge is 0.325 e. The average Bonchev–Trinajstić information content (AvgIpc) is 1.84. The number of methoxy groups -OCH3 is 1. The van der Waals surface area contributed by atoms with E-state index in [4.69, 9.17) is 23.2 Å². The lowest BCUT2D eigenvalue weighted by atomic mass is 10.3. The molecule has 0 aliphatic heterocycles. The van der Waals surface area contributed by atoms with Gasteiger partial charge >= 0.3 is 5.97 Å². The molecule has 0 fully saturated rings. The van der Waals surface area contributed by atoms with Crippen LogP contribution in [0.3, 0.4) is 0 Å². The van der Waals surface area contributed by atoms with Crippen LogP contribution < -0.4 is 0 Å². The van der Waals surface area contributed by atoms with E-state index in [1.807, 2.05) is 0 Å². The van der Waals surface area contributed by atoms with E-state index < -0.39 is 11.3 Å². The van der Waals surface area contributed by atoms with Gasteiger partial charge in [-0.25, -0.2) is 0 Å². The number of esters is 1. The average molecular weight is 171 g/mol. The van der Waals surface area contributed by atoms with E-state index in [1.165, 1.54) is 7.11 Å². The standard InChI is InChI=1S/C5H8Cl2O2/c1-3(6)4(7)5(8)9-2/h3-4H,1-2H3/t3-,4+/m1/s1. The van der Waals surface area contributed by atoms with Gasteiger partial charge in [0.25, 0.3) is 0 Å². The minimum Gasteiger partial charge on any atom is -0.468 e. The van der Waals surface area contributed by atoms with Crippen molar-refractivity contribution in [2.24, 2.45) is 0 Å². The molecule has 54 valence electrons. The van der Waals surface area contributed by atoms with Gasteiger partial charge in [0.05, 0.1) is 12.5 Å². The van der Waals surface area contributed by atoms with Crippen molar-refractivity contribution in [2.45, 2.75) is 17.7 Å². The van der Waals surface area contributed by atoms with Crippen LogP contribution in [0.2, 0.25) is 0 Å². The van der Waals surface area contributed by atoms with Gasteiger partial charge in [0.2, 0.25) is 0 Å². The SMILES string of the molecule is COC(=O)[C@@H](Cl)[C@@H](C)Cl. The van der Waals surface area contributed by atoms with Gasteiger partial charge in [0.15, 0.2) is 0 Å². The van der Waals surface area contributed by atoms with Gasteiger partial charge in [-0.15, -0.1) is 23.2 Å². The molecule has 0 unspecified atom stereocenters. The van der Waals surface area contributed by atoms with E-state index in [9.17, 15) is 4.79 Å². The Labute approximate surface area is 64.1 Å². The van der Waals surface area contributed by atoms with Crippen LogP contribution in [0.15, 0.2) is 0 Å². The molecule has 0 rings (SSSR count). The Morgan fingerprint density at radius 2 is 2.00 bits per heavy atom. The maximum absolute atomic E-state index is 10.5. The van der Waals surface area contributed by atoms with Crippen LogP contribution >= 0.6 is 23.2 Å². The van der Waals surface area contributed by atoms with Crippen molar-refractivity contribution in [3.63, 3.8) is 0 Å². The fraction of sp³-hybridized carbons (Fsp3) is 0.800. The summed E-state index contributed by atoms with van der Waals surface area (Å²) in [5.41, 5.74) is 0. The Morgan fingerprint density at radius 1 is 1.56 bits per heavy atom. The normalized spacial score (nSPS) is 16.4. The van der Waals surface area contributed by atoms with Gasteiger partial charge in [-0.05, 0) is 6.92 Å². The first-order chi connectivity index (χ1) is 4.09. The topological polar surface area (TPSA) is 26.3 Å². The van der Waals surface area contributed by atoms with Crippen LogP contribution in [0.1, 0.15) is 6.92 Å². The Balaban J connectivity index is 3.72. The molecular weight excluding hydrogens is 163 g/mol. The van der Waals surface area contributed by atoms with Crippen LogP contribution in [0.25, 0.3) is 0 Å². The van der Waals surface area contributed by atoms with Gasteiger partial charge in [0.1, 0.15) is 5.38 Å². The van der Waals surface area contributed by atoms with Gasteiger partial charge in [-0.3, -0.25) is 4.79 Å². The highest BCUT2D eigenvalue weighted by Crippen LogP contribution is 2.09. The number of rotatable bonds is 2. The quantitative estimate of drug-likeness (QED) is 0.463. The molecule has 0 aliphatic carbocycles. The van der Waals surface area contributed by atoms with E-state index >= 15 is 0 Å². The largest absolute Gasteiger partial charge is 0.468 e. The highest BCUT2D eigenvalue weighted by molar-refractivity contribution is 6.36.